The number of aromatic nitrogens is 1. The van der Waals surface area contributed by atoms with Gasteiger partial charge in [-0.15, -0.1) is 11.3 Å². The number of thiazole rings is 1. The Bertz CT molecular complexity index is 1120. The number of rotatable bonds is 4. The molecule has 25 heavy (non-hydrogen) atoms. The van der Waals surface area contributed by atoms with Crippen LogP contribution in [-0.4, -0.2) is 15.7 Å². The molecule has 8 heteroatoms. The number of hydrogen-bond donors (Lipinski definition) is 1. The number of Topliss-reactive ketones (excluding diaryl/α,β-unsaturated/α-hetero) is 1. The quantitative estimate of drug-likeness (QED) is 0.435. The van der Waals surface area contributed by atoms with Crippen molar-refractivity contribution in [1.82, 2.24) is 4.98 Å². The van der Waals surface area contributed by atoms with E-state index in [-0.39, 0.29) is 22.8 Å². The van der Waals surface area contributed by atoms with Gasteiger partial charge in [0.25, 0.3) is 11.2 Å². The summed E-state index contributed by atoms with van der Waals surface area (Å²) in [5.74, 6) is -0.186. The van der Waals surface area contributed by atoms with Gasteiger partial charge in [-0.25, -0.2) is 0 Å². The smallest absolute Gasteiger partial charge is 0.272 e. The first-order valence-corrected chi connectivity index (χ1v) is 8.01. The SMILES string of the molecule is Cc1ccc(C=c2sc(=CC(=O)c3ccco3)[nH]c2=O)cc1[N+](=O)[O-]. The van der Waals surface area contributed by atoms with Gasteiger partial charge in [-0.1, -0.05) is 12.1 Å². The van der Waals surface area contributed by atoms with Crippen LogP contribution in [0.5, 0.6) is 0 Å². The van der Waals surface area contributed by atoms with Crippen LogP contribution < -0.4 is 14.8 Å². The molecule has 1 N–H and O–H groups in total. The summed E-state index contributed by atoms with van der Waals surface area (Å²) in [6.07, 6.45) is 4.21. The van der Waals surface area contributed by atoms with Gasteiger partial charge >= 0.3 is 0 Å². The van der Waals surface area contributed by atoms with Crippen molar-refractivity contribution in [3.8, 4) is 0 Å². The average molecular weight is 356 g/mol. The van der Waals surface area contributed by atoms with E-state index >= 15 is 0 Å². The largest absolute Gasteiger partial charge is 0.461 e. The fourth-order valence-electron chi connectivity index (χ4n) is 2.20. The molecule has 3 rings (SSSR count). The monoisotopic (exact) mass is 356 g/mol. The second-order valence-corrected chi connectivity index (χ2v) is 6.30. The van der Waals surface area contributed by atoms with Crippen LogP contribution in [0.25, 0.3) is 12.2 Å². The maximum atomic E-state index is 12.0. The van der Waals surface area contributed by atoms with Crippen LogP contribution >= 0.6 is 11.3 Å². The van der Waals surface area contributed by atoms with Crippen LogP contribution in [0.4, 0.5) is 5.69 Å². The molecule has 0 aliphatic carbocycles. The normalized spacial score (nSPS) is 12.5. The van der Waals surface area contributed by atoms with E-state index in [1.807, 2.05) is 0 Å². The van der Waals surface area contributed by atoms with Gasteiger partial charge in [0.1, 0.15) is 0 Å². The Hall–Kier alpha value is -3.26. The number of nitrogens with zero attached hydrogens (tertiary/aromatic N) is 1. The van der Waals surface area contributed by atoms with E-state index < -0.39 is 4.92 Å². The lowest BCUT2D eigenvalue weighted by molar-refractivity contribution is -0.385. The minimum Gasteiger partial charge on any atom is -0.461 e. The highest BCUT2D eigenvalue weighted by molar-refractivity contribution is 7.07. The van der Waals surface area contributed by atoms with Crippen LogP contribution in [0.2, 0.25) is 0 Å². The first-order valence-electron chi connectivity index (χ1n) is 7.19. The molecule has 0 radical (unpaired) electrons. The number of furan rings is 1. The first-order chi connectivity index (χ1) is 11.9. The lowest BCUT2D eigenvalue weighted by atomic mass is 10.1. The zero-order valence-electron chi connectivity index (χ0n) is 13.0. The number of nitro groups is 1. The molecule has 0 fully saturated rings. The minimum atomic E-state index is -0.466. The number of carbonyl (C=O) groups excluding carboxylic acids is 1. The minimum absolute atomic E-state index is 0.0125. The third-order valence-electron chi connectivity index (χ3n) is 3.43. The number of aromatic amines is 1. The summed E-state index contributed by atoms with van der Waals surface area (Å²) < 4.78 is 5.73. The van der Waals surface area contributed by atoms with Gasteiger partial charge in [-0.3, -0.25) is 19.7 Å². The first kappa shape index (κ1) is 16.6. The molecule has 7 nitrogen and oxygen atoms in total. The van der Waals surface area contributed by atoms with Crippen molar-refractivity contribution in [2.45, 2.75) is 6.92 Å². The third-order valence-corrected chi connectivity index (χ3v) is 4.40. The van der Waals surface area contributed by atoms with Crippen LogP contribution in [0.3, 0.4) is 0 Å². The lowest BCUT2D eigenvalue weighted by Crippen LogP contribution is -2.20. The number of aryl methyl sites for hydroxylation is 1. The number of carbonyl (C=O) groups is 1. The highest BCUT2D eigenvalue weighted by Gasteiger charge is 2.10. The Morgan fingerprint density at radius 2 is 2.16 bits per heavy atom. The van der Waals surface area contributed by atoms with Crippen molar-refractivity contribution < 1.29 is 14.1 Å². The van der Waals surface area contributed by atoms with Crippen molar-refractivity contribution in [2.24, 2.45) is 0 Å². The number of ketones is 1. The lowest BCUT2D eigenvalue weighted by Gasteiger charge is -1.97. The van der Waals surface area contributed by atoms with Crippen molar-refractivity contribution in [2.75, 3.05) is 0 Å². The van der Waals surface area contributed by atoms with E-state index in [9.17, 15) is 19.7 Å². The molecule has 2 heterocycles. The van der Waals surface area contributed by atoms with Crippen LogP contribution in [0.15, 0.2) is 45.8 Å². The molecular formula is C17H12N2O5S. The summed E-state index contributed by atoms with van der Waals surface area (Å²) in [6.45, 7) is 1.65. The van der Waals surface area contributed by atoms with Gasteiger partial charge in [0.05, 0.1) is 20.4 Å². The fraction of sp³-hybridized carbons (Fsp3) is 0.0588. The molecule has 0 aliphatic heterocycles. The summed E-state index contributed by atoms with van der Waals surface area (Å²) in [7, 11) is 0. The predicted molar refractivity (Wildman–Crippen MR) is 93.1 cm³/mol. The molecule has 3 aromatic rings. The number of hydrogen-bond acceptors (Lipinski definition) is 6. The van der Waals surface area contributed by atoms with Gasteiger partial charge in [0, 0.05) is 17.7 Å². The maximum Gasteiger partial charge on any atom is 0.272 e. The number of nitrogens with one attached hydrogen (secondary N) is 1. The highest BCUT2D eigenvalue weighted by atomic mass is 32.1. The molecule has 0 spiro atoms. The highest BCUT2D eigenvalue weighted by Crippen LogP contribution is 2.19. The standard InChI is InChI=1S/C17H12N2O5S/c1-10-4-5-11(7-12(10)19(22)23)8-15-17(21)18-16(25-15)9-13(20)14-3-2-6-24-14/h2-9H,1H3,(H,18,21). The van der Waals surface area contributed by atoms with Crippen molar-refractivity contribution in [3.05, 3.63) is 83.1 Å². The Labute approximate surface area is 144 Å². The summed E-state index contributed by atoms with van der Waals surface area (Å²) in [5.41, 5.74) is 0.696. The second kappa shape index (κ2) is 6.70. The van der Waals surface area contributed by atoms with Gasteiger partial charge in [0.15, 0.2) is 5.76 Å². The molecule has 0 saturated carbocycles. The molecule has 0 aliphatic rings. The second-order valence-electron chi connectivity index (χ2n) is 5.22. The van der Waals surface area contributed by atoms with E-state index in [0.29, 0.717) is 20.3 Å². The number of H-pyrrole nitrogens is 1. The molecule has 2 aromatic heterocycles. The maximum absolute atomic E-state index is 12.0. The summed E-state index contributed by atoms with van der Waals surface area (Å²) in [4.78, 5) is 37.1. The zero-order chi connectivity index (χ0) is 18.0. The van der Waals surface area contributed by atoms with Crippen LogP contribution in [-0.2, 0) is 0 Å². The van der Waals surface area contributed by atoms with Gasteiger partial charge in [-0.05, 0) is 30.7 Å². The summed E-state index contributed by atoms with van der Waals surface area (Å²) >= 11 is 1.09. The Balaban J connectivity index is 2.02. The van der Waals surface area contributed by atoms with Crippen molar-refractivity contribution in [3.63, 3.8) is 0 Å². The zero-order valence-corrected chi connectivity index (χ0v) is 13.8. The molecular weight excluding hydrogens is 344 g/mol. The van der Waals surface area contributed by atoms with Gasteiger partial charge < -0.3 is 9.40 Å². The van der Waals surface area contributed by atoms with E-state index in [2.05, 4.69) is 4.98 Å². The Morgan fingerprint density at radius 3 is 2.84 bits per heavy atom. The molecule has 0 bridgehead atoms. The van der Waals surface area contributed by atoms with Gasteiger partial charge in [-0.2, -0.15) is 0 Å². The van der Waals surface area contributed by atoms with Crippen LogP contribution in [0.1, 0.15) is 21.7 Å². The van der Waals surface area contributed by atoms with Crippen molar-refractivity contribution >= 4 is 35.0 Å². The summed E-state index contributed by atoms with van der Waals surface area (Å²) in [6, 6.07) is 7.86. The van der Waals surface area contributed by atoms with Crippen molar-refractivity contribution in [1.29, 1.82) is 0 Å². The predicted octanol–water partition coefficient (Wildman–Crippen LogP) is 1.74. The average Bonchev–Trinajstić information content (AvgIpc) is 3.19. The number of benzene rings is 1. The molecule has 1 aromatic carbocycles. The van der Waals surface area contributed by atoms with E-state index in [0.717, 1.165) is 11.3 Å². The Morgan fingerprint density at radius 1 is 1.36 bits per heavy atom. The number of nitro benzene ring substituents is 1. The topological polar surface area (TPSA) is 106 Å². The third kappa shape index (κ3) is 3.64. The van der Waals surface area contributed by atoms with Crippen LogP contribution in [0, 0.1) is 17.0 Å². The van der Waals surface area contributed by atoms with E-state index in [4.69, 9.17) is 4.42 Å². The van der Waals surface area contributed by atoms with Gasteiger partial charge in [0.2, 0.25) is 5.78 Å². The van der Waals surface area contributed by atoms with E-state index in [1.54, 1.807) is 31.2 Å². The molecule has 0 saturated heterocycles. The molecule has 0 amide bonds. The fourth-order valence-corrected chi connectivity index (χ4v) is 3.08. The molecule has 0 atom stereocenters. The summed E-state index contributed by atoms with van der Waals surface area (Å²) in [5, 5.41) is 11.0. The van der Waals surface area contributed by atoms with E-state index in [1.165, 1.54) is 24.5 Å². The molecule has 0 unspecified atom stereocenters. The molecule has 126 valence electrons. The Kier molecular flexibility index (Phi) is 4.44.